The highest BCUT2D eigenvalue weighted by molar-refractivity contribution is 5.75. The first kappa shape index (κ1) is 12.9. The van der Waals surface area contributed by atoms with Crippen molar-refractivity contribution in [1.29, 1.82) is 0 Å². The predicted octanol–water partition coefficient (Wildman–Crippen LogP) is 2.83. The summed E-state index contributed by atoms with van der Waals surface area (Å²) in [5.74, 6) is 0. The molecule has 1 aromatic heterocycles. The Morgan fingerprint density at radius 3 is 2.72 bits per heavy atom. The third kappa shape index (κ3) is 3.01. The molecule has 4 nitrogen and oxygen atoms in total. The lowest BCUT2D eigenvalue weighted by Gasteiger charge is -2.11. The van der Waals surface area contributed by atoms with Crippen LogP contribution in [-0.2, 0) is 0 Å². The Morgan fingerprint density at radius 2 is 1.94 bits per heavy atom. The summed E-state index contributed by atoms with van der Waals surface area (Å²) in [5.41, 5.74) is 8.77. The van der Waals surface area contributed by atoms with Gasteiger partial charge in [0.15, 0.2) is 0 Å². The van der Waals surface area contributed by atoms with Gasteiger partial charge < -0.3 is 15.7 Å². The molecule has 2 aromatic rings. The number of aromatic amines is 2. The second-order valence-electron chi connectivity index (χ2n) is 4.84. The number of benzene rings is 1. The molecular formula is C14H21N3O. The predicted molar refractivity (Wildman–Crippen MR) is 74.6 cm³/mol. The van der Waals surface area contributed by atoms with Gasteiger partial charge in [-0.3, -0.25) is 0 Å². The number of H-pyrrole nitrogens is 2. The summed E-state index contributed by atoms with van der Waals surface area (Å²) in [7, 11) is 0. The number of unbranched alkanes of at least 4 members (excludes halogenated alkanes) is 3. The Bertz CT molecular complexity index is 555. The summed E-state index contributed by atoms with van der Waals surface area (Å²) >= 11 is 0. The van der Waals surface area contributed by atoms with Gasteiger partial charge in [-0.05, 0) is 24.1 Å². The van der Waals surface area contributed by atoms with Crippen LogP contribution in [0.4, 0.5) is 0 Å². The number of fused-ring (bicyclic) bond motifs is 1. The van der Waals surface area contributed by atoms with E-state index in [1.165, 1.54) is 19.3 Å². The maximum absolute atomic E-state index is 11.2. The summed E-state index contributed by atoms with van der Waals surface area (Å²) in [6, 6.07) is 5.94. The standard InChI is InChI=1S/C14H21N3O/c1-2-3-4-5-6-11(15)10-7-8-12-13(9-10)17-14(18)16-12/h7-9,11H,2-6,15H2,1H3,(H2,16,17,18). The fraction of sp³-hybridized carbons (Fsp3) is 0.500. The Morgan fingerprint density at radius 1 is 1.17 bits per heavy atom. The average Bonchev–Trinajstić information content (AvgIpc) is 2.73. The van der Waals surface area contributed by atoms with E-state index >= 15 is 0 Å². The van der Waals surface area contributed by atoms with E-state index in [9.17, 15) is 4.79 Å². The van der Waals surface area contributed by atoms with Crippen molar-refractivity contribution in [3.8, 4) is 0 Å². The van der Waals surface area contributed by atoms with E-state index in [4.69, 9.17) is 5.73 Å². The molecule has 1 heterocycles. The molecule has 4 N–H and O–H groups in total. The molecule has 98 valence electrons. The third-order valence-electron chi connectivity index (χ3n) is 3.34. The van der Waals surface area contributed by atoms with Gasteiger partial charge in [-0.15, -0.1) is 0 Å². The second-order valence-corrected chi connectivity index (χ2v) is 4.84. The van der Waals surface area contributed by atoms with Crippen LogP contribution >= 0.6 is 0 Å². The van der Waals surface area contributed by atoms with E-state index in [-0.39, 0.29) is 11.7 Å². The zero-order valence-electron chi connectivity index (χ0n) is 10.8. The topological polar surface area (TPSA) is 74.7 Å². The highest BCUT2D eigenvalue weighted by atomic mass is 16.1. The molecule has 1 aromatic carbocycles. The maximum atomic E-state index is 11.2. The van der Waals surface area contributed by atoms with Crippen LogP contribution in [0.15, 0.2) is 23.0 Å². The minimum Gasteiger partial charge on any atom is -0.324 e. The van der Waals surface area contributed by atoms with Gasteiger partial charge in [-0.25, -0.2) is 4.79 Å². The van der Waals surface area contributed by atoms with Gasteiger partial charge in [-0.2, -0.15) is 0 Å². The van der Waals surface area contributed by atoms with E-state index < -0.39 is 0 Å². The molecule has 2 rings (SSSR count). The van der Waals surface area contributed by atoms with Crippen LogP contribution in [0.1, 0.15) is 50.6 Å². The Hall–Kier alpha value is -1.55. The van der Waals surface area contributed by atoms with Crippen LogP contribution in [0, 0.1) is 0 Å². The SMILES string of the molecule is CCCCCCC(N)c1ccc2[nH]c(=O)[nH]c2c1. The summed E-state index contributed by atoms with van der Waals surface area (Å²) in [6.45, 7) is 2.20. The molecule has 0 aliphatic heterocycles. The van der Waals surface area contributed by atoms with Crippen molar-refractivity contribution in [3.63, 3.8) is 0 Å². The van der Waals surface area contributed by atoms with Crippen LogP contribution in [0.2, 0.25) is 0 Å². The molecule has 18 heavy (non-hydrogen) atoms. The van der Waals surface area contributed by atoms with Crippen molar-refractivity contribution < 1.29 is 0 Å². The number of rotatable bonds is 6. The zero-order valence-corrected chi connectivity index (χ0v) is 10.8. The fourth-order valence-corrected chi connectivity index (χ4v) is 2.24. The molecule has 0 fully saturated rings. The van der Waals surface area contributed by atoms with Crippen LogP contribution in [0.3, 0.4) is 0 Å². The smallest absolute Gasteiger partial charge is 0.323 e. The molecule has 0 spiro atoms. The van der Waals surface area contributed by atoms with Crippen molar-refractivity contribution in [1.82, 2.24) is 9.97 Å². The molecular weight excluding hydrogens is 226 g/mol. The first-order chi connectivity index (χ1) is 8.70. The molecule has 0 radical (unpaired) electrons. The molecule has 0 amide bonds. The van der Waals surface area contributed by atoms with Crippen LogP contribution < -0.4 is 11.4 Å². The van der Waals surface area contributed by atoms with E-state index in [2.05, 4.69) is 16.9 Å². The van der Waals surface area contributed by atoms with Gasteiger partial charge in [0.25, 0.3) is 0 Å². The van der Waals surface area contributed by atoms with Crippen LogP contribution in [-0.4, -0.2) is 9.97 Å². The Labute approximate surface area is 107 Å². The van der Waals surface area contributed by atoms with Crippen molar-refractivity contribution >= 4 is 11.0 Å². The van der Waals surface area contributed by atoms with E-state index in [0.717, 1.165) is 29.4 Å². The third-order valence-corrected chi connectivity index (χ3v) is 3.34. The second kappa shape index (κ2) is 5.87. The fourth-order valence-electron chi connectivity index (χ4n) is 2.24. The minimum absolute atomic E-state index is 0.0599. The number of hydrogen-bond acceptors (Lipinski definition) is 2. The number of nitrogens with one attached hydrogen (secondary N) is 2. The molecule has 1 atom stereocenters. The summed E-state index contributed by atoms with van der Waals surface area (Å²) < 4.78 is 0. The van der Waals surface area contributed by atoms with Gasteiger partial charge >= 0.3 is 5.69 Å². The molecule has 1 unspecified atom stereocenters. The Kier molecular flexibility index (Phi) is 4.20. The van der Waals surface area contributed by atoms with Gasteiger partial charge in [0.05, 0.1) is 11.0 Å². The van der Waals surface area contributed by atoms with E-state index in [1.54, 1.807) is 0 Å². The normalized spacial score (nSPS) is 13.0. The minimum atomic E-state index is -0.168. The first-order valence-corrected chi connectivity index (χ1v) is 6.68. The number of nitrogens with two attached hydrogens (primary N) is 1. The van der Waals surface area contributed by atoms with Crippen molar-refractivity contribution in [2.75, 3.05) is 0 Å². The lowest BCUT2D eigenvalue weighted by Crippen LogP contribution is -2.09. The molecule has 0 aliphatic carbocycles. The summed E-state index contributed by atoms with van der Waals surface area (Å²) in [6.07, 6.45) is 5.92. The molecule has 0 saturated carbocycles. The quantitative estimate of drug-likeness (QED) is 0.687. The zero-order chi connectivity index (χ0) is 13.0. The van der Waals surface area contributed by atoms with Gasteiger partial charge in [0.2, 0.25) is 0 Å². The first-order valence-electron chi connectivity index (χ1n) is 6.68. The van der Waals surface area contributed by atoms with Crippen molar-refractivity contribution in [2.45, 2.75) is 45.1 Å². The highest BCUT2D eigenvalue weighted by Crippen LogP contribution is 2.20. The molecule has 4 heteroatoms. The van der Waals surface area contributed by atoms with Gasteiger partial charge in [0, 0.05) is 6.04 Å². The monoisotopic (exact) mass is 247 g/mol. The lowest BCUT2D eigenvalue weighted by atomic mass is 10.0. The maximum Gasteiger partial charge on any atom is 0.323 e. The number of aromatic nitrogens is 2. The van der Waals surface area contributed by atoms with Gasteiger partial charge in [0.1, 0.15) is 0 Å². The largest absolute Gasteiger partial charge is 0.324 e. The summed E-state index contributed by atoms with van der Waals surface area (Å²) in [5, 5.41) is 0. The molecule has 0 bridgehead atoms. The number of hydrogen-bond donors (Lipinski definition) is 3. The van der Waals surface area contributed by atoms with E-state index in [1.807, 2.05) is 18.2 Å². The summed E-state index contributed by atoms with van der Waals surface area (Å²) in [4.78, 5) is 16.7. The molecule has 0 saturated heterocycles. The lowest BCUT2D eigenvalue weighted by molar-refractivity contribution is 0.566. The van der Waals surface area contributed by atoms with E-state index in [0.29, 0.717) is 0 Å². The average molecular weight is 247 g/mol. The van der Waals surface area contributed by atoms with Crippen molar-refractivity contribution in [3.05, 3.63) is 34.2 Å². The highest BCUT2D eigenvalue weighted by Gasteiger charge is 2.07. The number of imidazole rings is 1. The van der Waals surface area contributed by atoms with Crippen LogP contribution in [0.25, 0.3) is 11.0 Å². The molecule has 0 aliphatic rings. The van der Waals surface area contributed by atoms with Gasteiger partial charge in [-0.1, -0.05) is 38.7 Å². The Balaban J connectivity index is 2.03. The van der Waals surface area contributed by atoms with Crippen LogP contribution in [0.5, 0.6) is 0 Å². The van der Waals surface area contributed by atoms with Crippen molar-refractivity contribution in [2.24, 2.45) is 5.73 Å².